The summed E-state index contributed by atoms with van der Waals surface area (Å²) in [7, 11) is 0. The maximum atomic E-state index is 12.4. The van der Waals surface area contributed by atoms with Gasteiger partial charge in [-0.25, -0.2) is 20.2 Å². The van der Waals surface area contributed by atoms with Crippen LogP contribution in [0.25, 0.3) is 16.6 Å². The van der Waals surface area contributed by atoms with Crippen molar-refractivity contribution in [3.05, 3.63) is 76.3 Å². The first-order valence-electron chi connectivity index (χ1n) is 7.77. The zero-order valence-electron chi connectivity index (χ0n) is 13.7. The molecule has 0 radical (unpaired) electrons. The largest absolute Gasteiger partial charge is 0.405 e. The lowest BCUT2D eigenvalue weighted by atomic mass is 10.1. The predicted octanol–water partition coefficient (Wildman–Crippen LogP) is 1.91. The van der Waals surface area contributed by atoms with Crippen LogP contribution in [0.4, 0.5) is 0 Å². The highest BCUT2D eigenvalue weighted by molar-refractivity contribution is 5.98. The molecule has 0 fully saturated rings. The fourth-order valence-electron chi connectivity index (χ4n) is 2.69. The molecule has 0 saturated heterocycles. The number of nitrogens with zero attached hydrogens (tertiary/aromatic N) is 4. The molecule has 1 amide bonds. The van der Waals surface area contributed by atoms with E-state index < -0.39 is 11.5 Å². The zero-order chi connectivity index (χ0) is 18.1. The van der Waals surface area contributed by atoms with Crippen molar-refractivity contribution in [2.45, 2.75) is 6.92 Å². The van der Waals surface area contributed by atoms with Crippen molar-refractivity contribution >= 4 is 28.7 Å². The molecule has 0 aliphatic carbocycles. The van der Waals surface area contributed by atoms with Crippen molar-refractivity contribution in [2.24, 2.45) is 5.10 Å². The molecule has 1 aromatic carbocycles. The summed E-state index contributed by atoms with van der Waals surface area (Å²) >= 11 is 0. The summed E-state index contributed by atoms with van der Waals surface area (Å²) in [6, 6.07) is 8.33. The van der Waals surface area contributed by atoms with Gasteiger partial charge in [-0.3, -0.25) is 9.20 Å². The molecule has 0 aliphatic heterocycles. The fourth-order valence-corrected chi connectivity index (χ4v) is 2.69. The predicted molar refractivity (Wildman–Crippen MR) is 95.3 cm³/mol. The Kier molecular flexibility index (Phi) is 3.77. The van der Waals surface area contributed by atoms with E-state index in [0.717, 1.165) is 5.69 Å². The number of hydrogen-bond donors (Lipinski definition) is 1. The molecular formula is C18H13N5O3. The Hall–Kier alpha value is -3.81. The highest BCUT2D eigenvalue weighted by Gasteiger charge is 2.12. The molecule has 3 aromatic heterocycles. The number of rotatable bonds is 3. The summed E-state index contributed by atoms with van der Waals surface area (Å²) in [6.07, 6.45) is 6.00. The van der Waals surface area contributed by atoms with E-state index in [4.69, 9.17) is 4.42 Å². The van der Waals surface area contributed by atoms with Crippen LogP contribution in [0.1, 0.15) is 21.6 Å². The summed E-state index contributed by atoms with van der Waals surface area (Å²) in [5, 5.41) is 4.30. The number of nitrogens with one attached hydrogen (secondary N) is 1. The summed E-state index contributed by atoms with van der Waals surface area (Å²) in [5.41, 5.74) is 4.97. The number of aryl methyl sites for hydroxylation is 1. The van der Waals surface area contributed by atoms with Crippen LogP contribution in [0.3, 0.4) is 0 Å². The van der Waals surface area contributed by atoms with Gasteiger partial charge in [0.05, 0.1) is 17.1 Å². The van der Waals surface area contributed by atoms with Crippen LogP contribution >= 0.6 is 0 Å². The van der Waals surface area contributed by atoms with Gasteiger partial charge in [-0.05, 0) is 31.2 Å². The molecule has 8 heteroatoms. The van der Waals surface area contributed by atoms with Gasteiger partial charge in [0.25, 0.3) is 5.91 Å². The van der Waals surface area contributed by atoms with Crippen LogP contribution in [-0.2, 0) is 0 Å². The van der Waals surface area contributed by atoms with Gasteiger partial charge in [-0.1, -0.05) is 0 Å². The third-order valence-electron chi connectivity index (χ3n) is 3.92. The van der Waals surface area contributed by atoms with Gasteiger partial charge in [0.2, 0.25) is 5.71 Å². The first-order chi connectivity index (χ1) is 12.6. The summed E-state index contributed by atoms with van der Waals surface area (Å²) < 4.78 is 7.07. The van der Waals surface area contributed by atoms with Crippen LogP contribution in [0, 0.1) is 6.92 Å². The van der Waals surface area contributed by atoms with E-state index in [1.165, 1.54) is 12.5 Å². The van der Waals surface area contributed by atoms with Gasteiger partial charge in [0.15, 0.2) is 0 Å². The Bertz CT molecular complexity index is 1210. The van der Waals surface area contributed by atoms with Crippen molar-refractivity contribution in [3.63, 3.8) is 0 Å². The highest BCUT2D eigenvalue weighted by atomic mass is 16.4. The lowest BCUT2D eigenvalue weighted by Crippen LogP contribution is -2.18. The summed E-state index contributed by atoms with van der Waals surface area (Å²) in [5.74, 6) is -0.397. The molecule has 0 aliphatic rings. The Labute approximate surface area is 146 Å². The molecule has 3 heterocycles. The molecule has 0 unspecified atom stereocenters. The van der Waals surface area contributed by atoms with E-state index in [1.807, 2.05) is 13.0 Å². The van der Waals surface area contributed by atoms with Gasteiger partial charge in [-0.15, -0.1) is 0 Å². The van der Waals surface area contributed by atoms with Gasteiger partial charge in [0, 0.05) is 35.3 Å². The zero-order valence-corrected chi connectivity index (χ0v) is 13.7. The smallest absolute Gasteiger partial charge is 0.346 e. The molecule has 4 aromatic rings. The molecule has 0 bridgehead atoms. The monoisotopic (exact) mass is 347 g/mol. The second-order valence-corrected chi connectivity index (χ2v) is 5.64. The lowest BCUT2D eigenvalue weighted by molar-refractivity contribution is 0.0955. The van der Waals surface area contributed by atoms with Gasteiger partial charge >= 0.3 is 5.63 Å². The number of hydrazone groups is 1. The summed E-state index contributed by atoms with van der Waals surface area (Å²) in [6.45, 7) is 1.89. The average Bonchev–Trinajstić information content (AvgIpc) is 3.03. The van der Waals surface area contributed by atoms with E-state index in [2.05, 4.69) is 20.5 Å². The topological polar surface area (TPSA) is 102 Å². The van der Waals surface area contributed by atoms with E-state index >= 15 is 0 Å². The SMILES string of the molecule is Cc1ccc2oc(=O)c3ccc(C(=O)N/N=C/c4cncnc4)cc3n12. The third kappa shape index (κ3) is 2.73. The van der Waals surface area contributed by atoms with Crippen molar-refractivity contribution in [1.29, 1.82) is 0 Å². The number of fused-ring (bicyclic) bond motifs is 3. The molecule has 128 valence electrons. The number of hydrogen-bond acceptors (Lipinski definition) is 6. The molecule has 4 rings (SSSR count). The maximum absolute atomic E-state index is 12.4. The molecule has 0 spiro atoms. The van der Waals surface area contributed by atoms with Crippen molar-refractivity contribution in [3.8, 4) is 0 Å². The van der Waals surface area contributed by atoms with Crippen LogP contribution < -0.4 is 11.1 Å². The average molecular weight is 347 g/mol. The van der Waals surface area contributed by atoms with Crippen LogP contribution in [0.15, 0.2) is 63.4 Å². The second-order valence-electron chi connectivity index (χ2n) is 5.64. The van der Waals surface area contributed by atoms with Crippen molar-refractivity contribution < 1.29 is 9.21 Å². The molecular weight excluding hydrogens is 334 g/mol. The van der Waals surface area contributed by atoms with E-state index in [9.17, 15) is 9.59 Å². The number of carbonyl (C=O) groups excluding carboxylic acids is 1. The third-order valence-corrected chi connectivity index (χ3v) is 3.92. The fraction of sp³-hybridized carbons (Fsp3) is 0.0556. The minimum absolute atomic E-state index is 0.374. The normalized spacial score (nSPS) is 11.4. The molecule has 8 nitrogen and oxygen atoms in total. The number of benzene rings is 1. The van der Waals surface area contributed by atoms with E-state index in [-0.39, 0.29) is 0 Å². The molecule has 26 heavy (non-hydrogen) atoms. The second kappa shape index (κ2) is 6.25. The van der Waals surface area contributed by atoms with Crippen LogP contribution in [0.5, 0.6) is 0 Å². The molecule has 0 atom stereocenters. The standard InChI is InChI=1S/C18H13N5O3/c1-11-2-5-16-23(11)15-6-13(3-4-14(15)18(25)26-16)17(24)22-21-9-12-7-19-10-20-8-12/h2-10H,1H3,(H,22,24)/b21-9+. The first kappa shape index (κ1) is 15.7. The van der Waals surface area contributed by atoms with Crippen LogP contribution in [-0.4, -0.2) is 26.5 Å². The van der Waals surface area contributed by atoms with Gasteiger partial charge < -0.3 is 4.42 Å². The summed E-state index contributed by atoms with van der Waals surface area (Å²) in [4.78, 5) is 32.2. The van der Waals surface area contributed by atoms with E-state index in [1.54, 1.807) is 41.1 Å². The Morgan fingerprint density at radius 3 is 2.85 bits per heavy atom. The van der Waals surface area contributed by atoms with Crippen LogP contribution in [0.2, 0.25) is 0 Å². The van der Waals surface area contributed by atoms with Gasteiger partial charge in [0.1, 0.15) is 6.33 Å². The van der Waals surface area contributed by atoms with Crippen molar-refractivity contribution in [2.75, 3.05) is 0 Å². The Morgan fingerprint density at radius 1 is 1.23 bits per heavy atom. The Balaban J connectivity index is 1.69. The lowest BCUT2D eigenvalue weighted by Gasteiger charge is -2.06. The minimum Gasteiger partial charge on any atom is -0.405 e. The quantitative estimate of drug-likeness (QED) is 0.450. The van der Waals surface area contributed by atoms with Crippen molar-refractivity contribution in [1.82, 2.24) is 19.8 Å². The Morgan fingerprint density at radius 2 is 2.04 bits per heavy atom. The number of aromatic nitrogens is 3. The first-order valence-corrected chi connectivity index (χ1v) is 7.77. The highest BCUT2D eigenvalue weighted by Crippen LogP contribution is 2.18. The van der Waals surface area contributed by atoms with E-state index in [0.29, 0.717) is 27.7 Å². The minimum atomic E-state index is -0.445. The number of carbonyl (C=O) groups is 1. The number of amides is 1. The molecule has 0 saturated carbocycles. The maximum Gasteiger partial charge on any atom is 0.346 e. The van der Waals surface area contributed by atoms with Gasteiger partial charge in [-0.2, -0.15) is 5.10 Å². The molecule has 1 N–H and O–H groups in total.